The van der Waals surface area contributed by atoms with Crippen molar-refractivity contribution in [3.63, 3.8) is 0 Å². The number of hydrogen-bond donors (Lipinski definition) is 7. The number of unbranched alkanes of at least 4 members (excludes halogenated alkanes) is 10. The van der Waals surface area contributed by atoms with Crippen LogP contribution in [0.3, 0.4) is 0 Å². The Labute approximate surface area is 485 Å². The van der Waals surface area contributed by atoms with Gasteiger partial charge in [-0.3, -0.25) is 19.2 Å². The fraction of sp³-hybridized carbons (Fsp3) is 0.704. The second kappa shape index (κ2) is 44.8. The van der Waals surface area contributed by atoms with Crippen LogP contribution in [0.5, 0.6) is 0 Å². The molecule has 4 saturated heterocycles. The number of thioether (sulfide) groups is 2. The van der Waals surface area contributed by atoms with Crippen molar-refractivity contribution in [2.75, 3.05) is 48.6 Å². The van der Waals surface area contributed by atoms with E-state index in [-0.39, 0.29) is 55.5 Å². The molecule has 6 atom stereocenters. The van der Waals surface area contributed by atoms with Gasteiger partial charge in [0, 0.05) is 103 Å². The lowest BCUT2D eigenvalue weighted by Gasteiger charge is -2.16. The van der Waals surface area contributed by atoms with E-state index >= 15 is 0 Å². The van der Waals surface area contributed by atoms with E-state index in [0.29, 0.717) is 60.6 Å². The topological polar surface area (TPSA) is 187 Å². The number of carbonyl (C=O) groups is 6. The zero-order valence-electron chi connectivity index (χ0n) is 43.8. The van der Waals surface area contributed by atoms with Gasteiger partial charge in [-0.1, -0.05) is 128 Å². The van der Waals surface area contributed by atoms with Gasteiger partial charge in [-0.05, 0) is 92.9 Å². The van der Waals surface area contributed by atoms with Crippen LogP contribution in [0, 0.1) is 0 Å². The summed E-state index contributed by atoms with van der Waals surface area (Å²) in [6.45, 7) is 1.50. The fourth-order valence-corrected chi connectivity index (χ4v) is 15.1. The molecule has 0 aromatic carbocycles. The number of carbonyl (C=O) groups excluding carboxylic acids is 6. The number of nitrogens with zero attached hydrogens (tertiary/aromatic N) is 1. The van der Waals surface area contributed by atoms with Crippen molar-refractivity contribution in [2.45, 2.75) is 195 Å². The maximum absolute atomic E-state index is 12.1. The summed E-state index contributed by atoms with van der Waals surface area (Å²) >= 11 is 12.3. The number of ketones is 2. The number of Topliss-reactive ketones (excluding diaryl/α,β-unsaturated/α-hetero) is 2. The number of hydrogen-bond acceptors (Lipinski definition) is 15. The monoisotopic (exact) mass is 1190 g/mol. The van der Waals surface area contributed by atoms with Crippen LogP contribution in [-0.2, 0) is 19.2 Å². The predicted molar refractivity (Wildman–Crippen MR) is 334 cm³/mol. The maximum Gasteiger partial charge on any atom is 0.315 e. The number of rotatable bonds is 35. The second-order valence-corrected chi connectivity index (χ2v) is 26.8. The van der Waals surface area contributed by atoms with E-state index in [9.17, 15) is 28.8 Å². The number of aromatic nitrogens is 1. The number of thiocarbonyl (C=S) groups is 1. The van der Waals surface area contributed by atoms with Gasteiger partial charge in [-0.25, -0.2) is 14.6 Å². The summed E-state index contributed by atoms with van der Waals surface area (Å²) in [5.74, 6) is 4.66. The van der Waals surface area contributed by atoms with Gasteiger partial charge in [0.2, 0.25) is 11.8 Å². The van der Waals surface area contributed by atoms with Gasteiger partial charge in [0.15, 0.2) is 0 Å². The smallest absolute Gasteiger partial charge is 0.315 e. The highest BCUT2D eigenvalue weighted by molar-refractivity contribution is 8.76. The Morgan fingerprint density at radius 2 is 1.13 bits per heavy atom. The van der Waals surface area contributed by atoms with Crippen molar-refractivity contribution in [1.82, 2.24) is 36.9 Å². The highest BCUT2D eigenvalue weighted by atomic mass is 33.1. The molecule has 0 radical (unpaired) electrons. The molecule has 0 bridgehead atoms. The molecule has 5 heterocycles. The van der Waals surface area contributed by atoms with Crippen molar-refractivity contribution < 1.29 is 28.8 Å². The standard InChI is InChI=1S/C25H38N4O3S3.C21H37N3O3S3.C6H6S.CH4S.CH4/c30-19(11-5-6-12-21-24-20(18-33-21)28-25(32)29-24)10-4-2-1-3-8-15-26-22(31)14-17-34-35-23-13-7-9-16-27-23;1-28-30-14-12-19(26)22-13-8-4-2-3-5-9-16(25)10-6-7-11-18-20-17(15-29-18)23-21(27)24-20;7-6-4-2-1-3-5-6;1-2;/h7,9,13,16,20-21,24H,1-6,8,10-12,14-15,17-18H2,(H,26,31)(H2,28,29,32);17-18,20H,2-15H2,1H3,(H,22,26)(H2,23,24,27);1-4H,5H2;2H,1H3;1H4. The van der Waals surface area contributed by atoms with E-state index < -0.39 is 0 Å². The average molecular weight is 1190 g/mol. The average Bonchev–Trinajstić information content (AvgIpc) is 4.18. The molecule has 4 fully saturated rings. The van der Waals surface area contributed by atoms with Crippen LogP contribution < -0.4 is 31.9 Å². The molecule has 5 aliphatic rings. The van der Waals surface area contributed by atoms with Crippen molar-refractivity contribution in [1.29, 1.82) is 0 Å². The number of amides is 6. The van der Waals surface area contributed by atoms with Crippen LogP contribution in [0.25, 0.3) is 0 Å². The third-order valence-electron chi connectivity index (χ3n) is 12.7. The molecule has 6 amide bonds. The molecule has 1 aliphatic carbocycles. The predicted octanol–water partition coefficient (Wildman–Crippen LogP) is 12.2. The minimum Gasteiger partial charge on any atom is -0.356 e. The van der Waals surface area contributed by atoms with Crippen LogP contribution >= 0.6 is 91.5 Å². The van der Waals surface area contributed by atoms with Gasteiger partial charge >= 0.3 is 12.1 Å². The summed E-state index contributed by atoms with van der Waals surface area (Å²) in [7, 11) is 6.67. The zero-order valence-corrected chi connectivity index (χ0v) is 50.4. The third-order valence-corrected chi connectivity index (χ3v) is 20.1. The molecule has 1 aromatic heterocycles. The molecule has 21 heteroatoms. The Kier molecular flexibility index (Phi) is 41.3. The second-order valence-electron chi connectivity index (χ2n) is 18.6. The molecule has 424 valence electrons. The van der Waals surface area contributed by atoms with Crippen molar-refractivity contribution >= 4 is 132 Å². The molecular weight excluding hydrogens is 1100 g/mol. The van der Waals surface area contributed by atoms with Crippen LogP contribution in [0.4, 0.5) is 9.59 Å². The van der Waals surface area contributed by atoms with Crippen molar-refractivity contribution in [3.8, 4) is 0 Å². The van der Waals surface area contributed by atoms with E-state index in [1.165, 1.54) is 0 Å². The zero-order chi connectivity index (χ0) is 53.4. The minimum absolute atomic E-state index is 0. The Bertz CT molecular complexity index is 1850. The Morgan fingerprint density at radius 3 is 1.57 bits per heavy atom. The lowest BCUT2D eigenvalue weighted by atomic mass is 10.0. The van der Waals surface area contributed by atoms with E-state index in [1.807, 2.05) is 66.2 Å². The van der Waals surface area contributed by atoms with E-state index in [0.717, 1.165) is 155 Å². The van der Waals surface area contributed by atoms with Crippen LogP contribution in [0.2, 0.25) is 0 Å². The summed E-state index contributed by atoms with van der Waals surface area (Å²) in [5.41, 5.74) is 0. The van der Waals surface area contributed by atoms with Gasteiger partial charge in [0.05, 0.1) is 24.2 Å². The van der Waals surface area contributed by atoms with Gasteiger partial charge < -0.3 is 31.9 Å². The number of fused-ring (bicyclic) bond motifs is 2. The fourth-order valence-electron chi connectivity index (χ4n) is 8.80. The Hall–Kier alpha value is -2.01. The van der Waals surface area contributed by atoms with Crippen LogP contribution in [0.1, 0.15) is 155 Å². The third kappa shape index (κ3) is 32.6. The molecule has 75 heavy (non-hydrogen) atoms. The van der Waals surface area contributed by atoms with E-state index in [2.05, 4.69) is 55.6 Å². The molecule has 6 N–H and O–H groups in total. The van der Waals surface area contributed by atoms with Gasteiger partial charge in [-0.15, -0.1) is 0 Å². The Morgan fingerprint density at radius 1 is 0.653 bits per heavy atom. The van der Waals surface area contributed by atoms with Gasteiger partial charge in [-0.2, -0.15) is 36.2 Å². The van der Waals surface area contributed by atoms with Gasteiger partial charge in [0.25, 0.3) is 0 Å². The summed E-state index contributed by atoms with van der Waals surface area (Å²) < 4.78 is 0. The number of nitrogens with one attached hydrogen (secondary N) is 6. The maximum atomic E-state index is 12.1. The molecule has 0 saturated carbocycles. The highest BCUT2D eigenvalue weighted by Gasteiger charge is 2.43. The molecule has 6 rings (SSSR count). The number of thiol groups is 1. The minimum atomic E-state index is -0.0352. The molecule has 13 nitrogen and oxygen atoms in total. The van der Waals surface area contributed by atoms with Crippen LogP contribution in [0.15, 0.2) is 53.7 Å². The SMILES string of the molecule is C.CS.CSSCCC(=O)NCCCCCCCC(=O)CCCCC1SCC2NC(=O)NC21.O=C(CCCCCCCNC(=O)CCSSc1ccccn1)CCCCC1SCC2NC(=O)NC21.S=C1C=CC=CC1. The first kappa shape index (κ1) is 69.1. The van der Waals surface area contributed by atoms with E-state index in [4.69, 9.17) is 12.2 Å². The summed E-state index contributed by atoms with van der Waals surface area (Å²) in [6.07, 6.45) is 35.1. The van der Waals surface area contributed by atoms with E-state index in [1.54, 1.807) is 55.6 Å². The normalized spacial score (nSPS) is 20.4. The molecule has 6 unspecified atom stereocenters. The van der Waals surface area contributed by atoms with Crippen molar-refractivity contribution in [3.05, 3.63) is 48.7 Å². The number of urea groups is 2. The first-order valence-electron chi connectivity index (χ1n) is 26.7. The lowest BCUT2D eigenvalue weighted by Crippen LogP contribution is -2.36. The van der Waals surface area contributed by atoms with Gasteiger partial charge in [0.1, 0.15) is 16.6 Å². The van der Waals surface area contributed by atoms with Crippen LogP contribution in [-0.4, -0.2) is 129 Å². The lowest BCUT2D eigenvalue weighted by molar-refractivity contribution is -0.121. The molecular formula is C54H89N7O6S8. The largest absolute Gasteiger partial charge is 0.356 e. The van der Waals surface area contributed by atoms with Crippen molar-refractivity contribution in [2.24, 2.45) is 0 Å². The summed E-state index contributed by atoms with van der Waals surface area (Å²) in [4.78, 5) is 75.8. The first-order valence-corrected chi connectivity index (χ1v) is 35.2. The summed E-state index contributed by atoms with van der Waals surface area (Å²) in [6, 6.07) is 6.86. The number of pyridine rings is 1. The molecule has 0 spiro atoms. The summed E-state index contributed by atoms with van der Waals surface area (Å²) in [5, 5.41) is 19.9. The highest BCUT2D eigenvalue weighted by Crippen LogP contribution is 2.34. The Balaban J connectivity index is 0.000000438. The molecule has 1 aromatic rings. The quantitative estimate of drug-likeness (QED) is 0.0112. The first-order chi connectivity index (χ1) is 36.1. The molecule has 4 aliphatic heterocycles. The number of allylic oxidation sites excluding steroid dienone is 4.